The Hall–Kier alpha value is -0.870. The maximum absolute atomic E-state index is 13.2. The van der Waals surface area contributed by atoms with Crippen molar-refractivity contribution < 1.29 is 13.9 Å². The van der Waals surface area contributed by atoms with Gasteiger partial charge in [0.15, 0.2) is 0 Å². The molecule has 5 heteroatoms. The third-order valence-corrected chi connectivity index (χ3v) is 4.10. The predicted octanol–water partition coefficient (Wildman–Crippen LogP) is 3.45. The molecule has 100 valence electrons. The number of aromatic hydroxyl groups is 1. The van der Waals surface area contributed by atoms with Crippen LogP contribution in [0.15, 0.2) is 18.2 Å². The summed E-state index contributed by atoms with van der Waals surface area (Å²) in [5, 5.41) is 10.4. The summed E-state index contributed by atoms with van der Waals surface area (Å²) < 4.78 is 26.5. The number of hydrogen-bond acceptors (Lipinski definition) is 2. The van der Waals surface area contributed by atoms with E-state index in [2.05, 4.69) is 0 Å². The van der Waals surface area contributed by atoms with Crippen LogP contribution in [-0.2, 0) is 5.41 Å². The Morgan fingerprint density at radius 1 is 1.22 bits per heavy atom. The molecule has 0 amide bonds. The molecule has 1 saturated carbocycles. The average molecular weight is 276 g/mol. The van der Waals surface area contributed by atoms with Crippen LogP contribution in [0.2, 0.25) is 5.02 Å². The van der Waals surface area contributed by atoms with Gasteiger partial charge in [0, 0.05) is 35.4 Å². The van der Waals surface area contributed by atoms with Gasteiger partial charge in [-0.15, -0.1) is 0 Å². The van der Waals surface area contributed by atoms with Gasteiger partial charge in [-0.25, -0.2) is 8.78 Å². The monoisotopic (exact) mass is 275 g/mol. The summed E-state index contributed by atoms with van der Waals surface area (Å²) in [6.45, 7) is 0.248. The Morgan fingerprint density at radius 3 is 2.33 bits per heavy atom. The van der Waals surface area contributed by atoms with Crippen LogP contribution in [0.5, 0.6) is 5.75 Å². The van der Waals surface area contributed by atoms with Gasteiger partial charge >= 0.3 is 0 Å². The van der Waals surface area contributed by atoms with Crippen LogP contribution < -0.4 is 5.73 Å². The molecule has 0 aromatic heterocycles. The number of nitrogens with two attached hydrogens (primary N) is 1. The second kappa shape index (κ2) is 4.67. The Bertz CT molecular complexity index is 441. The summed E-state index contributed by atoms with van der Waals surface area (Å²) in [5.41, 5.74) is 5.85. The zero-order chi connectivity index (χ0) is 13.4. The van der Waals surface area contributed by atoms with Gasteiger partial charge in [0.25, 0.3) is 0 Å². The fraction of sp³-hybridized carbons (Fsp3) is 0.538. The molecule has 0 unspecified atom stereocenters. The van der Waals surface area contributed by atoms with Crippen LogP contribution in [0, 0.1) is 0 Å². The van der Waals surface area contributed by atoms with E-state index >= 15 is 0 Å². The molecule has 0 spiro atoms. The van der Waals surface area contributed by atoms with Gasteiger partial charge in [-0.1, -0.05) is 17.7 Å². The van der Waals surface area contributed by atoms with Gasteiger partial charge in [-0.2, -0.15) is 0 Å². The van der Waals surface area contributed by atoms with Crippen molar-refractivity contribution in [2.75, 3.05) is 6.54 Å². The predicted molar refractivity (Wildman–Crippen MR) is 67.3 cm³/mol. The van der Waals surface area contributed by atoms with Crippen LogP contribution >= 0.6 is 11.6 Å². The Labute approximate surface area is 110 Å². The molecule has 1 aliphatic carbocycles. The molecule has 1 fully saturated rings. The number of phenolic OH excluding ortho intramolecular Hbond substituents is 1. The fourth-order valence-corrected chi connectivity index (χ4v) is 2.80. The van der Waals surface area contributed by atoms with E-state index < -0.39 is 11.3 Å². The zero-order valence-electron chi connectivity index (χ0n) is 9.93. The summed E-state index contributed by atoms with van der Waals surface area (Å²) in [7, 11) is 0. The topological polar surface area (TPSA) is 46.2 Å². The Kier molecular flexibility index (Phi) is 3.52. The molecule has 3 N–H and O–H groups in total. The number of rotatable bonds is 2. The van der Waals surface area contributed by atoms with E-state index in [9.17, 15) is 13.9 Å². The second-order valence-electron chi connectivity index (χ2n) is 5.00. The maximum atomic E-state index is 13.2. The van der Waals surface area contributed by atoms with E-state index in [1.807, 2.05) is 0 Å². The first-order chi connectivity index (χ1) is 8.38. The Balaban J connectivity index is 2.33. The van der Waals surface area contributed by atoms with Gasteiger partial charge in [0.05, 0.1) is 0 Å². The van der Waals surface area contributed by atoms with Gasteiger partial charge in [-0.3, -0.25) is 0 Å². The summed E-state index contributed by atoms with van der Waals surface area (Å²) in [4.78, 5) is 0. The van der Waals surface area contributed by atoms with Crippen LogP contribution in [0.4, 0.5) is 8.78 Å². The van der Waals surface area contributed by atoms with E-state index in [0.717, 1.165) is 0 Å². The molecule has 0 bridgehead atoms. The first-order valence-corrected chi connectivity index (χ1v) is 6.33. The van der Waals surface area contributed by atoms with Crippen molar-refractivity contribution in [3.05, 3.63) is 28.8 Å². The zero-order valence-corrected chi connectivity index (χ0v) is 10.7. The van der Waals surface area contributed by atoms with E-state index in [1.54, 1.807) is 12.1 Å². The third kappa shape index (κ3) is 2.45. The first-order valence-electron chi connectivity index (χ1n) is 5.95. The maximum Gasteiger partial charge on any atom is 0.248 e. The number of alkyl halides is 2. The van der Waals surface area contributed by atoms with Crippen molar-refractivity contribution in [3.63, 3.8) is 0 Å². The highest BCUT2D eigenvalue weighted by Gasteiger charge is 2.44. The van der Waals surface area contributed by atoms with Crippen molar-refractivity contribution in [1.29, 1.82) is 0 Å². The molecule has 0 atom stereocenters. The molecule has 0 saturated heterocycles. The molecule has 18 heavy (non-hydrogen) atoms. The van der Waals surface area contributed by atoms with Crippen LogP contribution in [0.1, 0.15) is 31.2 Å². The van der Waals surface area contributed by atoms with Crippen LogP contribution in [0.25, 0.3) is 0 Å². The standard InChI is InChI=1S/C13H16ClF2NO/c14-9-1-2-10(11(18)7-9)12(8-17)3-5-13(15,16)6-4-12/h1-2,7,18H,3-6,8,17H2. The lowest BCUT2D eigenvalue weighted by Gasteiger charge is -2.40. The minimum atomic E-state index is -2.61. The van der Waals surface area contributed by atoms with Crippen molar-refractivity contribution in [2.24, 2.45) is 5.73 Å². The highest BCUT2D eigenvalue weighted by molar-refractivity contribution is 6.30. The summed E-state index contributed by atoms with van der Waals surface area (Å²) >= 11 is 5.78. The van der Waals surface area contributed by atoms with Gasteiger partial charge < -0.3 is 10.8 Å². The van der Waals surface area contributed by atoms with Gasteiger partial charge in [-0.05, 0) is 25.0 Å². The molecule has 2 nitrogen and oxygen atoms in total. The van der Waals surface area contributed by atoms with E-state index in [4.69, 9.17) is 17.3 Å². The number of benzene rings is 1. The quantitative estimate of drug-likeness (QED) is 0.868. The van der Waals surface area contributed by atoms with Gasteiger partial charge in [0.1, 0.15) is 5.75 Å². The average Bonchev–Trinajstić information content (AvgIpc) is 2.31. The smallest absolute Gasteiger partial charge is 0.248 e. The largest absolute Gasteiger partial charge is 0.508 e. The highest BCUT2D eigenvalue weighted by Crippen LogP contribution is 2.47. The number of hydrogen-bond donors (Lipinski definition) is 2. The van der Waals surface area contributed by atoms with Crippen molar-refractivity contribution in [2.45, 2.75) is 37.0 Å². The molecule has 1 aliphatic rings. The summed E-state index contributed by atoms with van der Waals surface area (Å²) in [6.07, 6.45) is 0.190. The number of halogens is 3. The SMILES string of the molecule is NCC1(c2ccc(Cl)cc2O)CCC(F)(F)CC1. The molecule has 1 aromatic carbocycles. The molecule has 1 aromatic rings. The summed E-state index contributed by atoms with van der Waals surface area (Å²) in [6, 6.07) is 4.77. The highest BCUT2D eigenvalue weighted by atomic mass is 35.5. The lowest BCUT2D eigenvalue weighted by Crippen LogP contribution is -2.42. The molecular weight excluding hydrogens is 260 g/mol. The molecule has 0 radical (unpaired) electrons. The molecular formula is C13H16ClF2NO. The minimum Gasteiger partial charge on any atom is -0.508 e. The van der Waals surface area contributed by atoms with Crippen molar-refractivity contribution >= 4 is 11.6 Å². The fourth-order valence-electron chi connectivity index (χ4n) is 2.63. The van der Waals surface area contributed by atoms with Crippen molar-refractivity contribution in [1.82, 2.24) is 0 Å². The normalized spacial score (nSPS) is 21.8. The third-order valence-electron chi connectivity index (χ3n) is 3.86. The number of phenols is 1. The van der Waals surface area contributed by atoms with E-state index in [1.165, 1.54) is 6.07 Å². The van der Waals surface area contributed by atoms with Crippen LogP contribution in [0.3, 0.4) is 0 Å². The van der Waals surface area contributed by atoms with Crippen LogP contribution in [-0.4, -0.2) is 17.6 Å². The molecule has 0 heterocycles. The first kappa shape index (κ1) is 13.6. The second-order valence-corrected chi connectivity index (χ2v) is 5.44. The summed E-state index contributed by atoms with van der Waals surface area (Å²) in [5.74, 6) is -2.57. The van der Waals surface area contributed by atoms with Crippen molar-refractivity contribution in [3.8, 4) is 5.75 Å². The Morgan fingerprint density at radius 2 is 1.83 bits per heavy atom. The molecule has 2 rings (SSSR count). The lowest BCUT2D eigenvalue weighted by atomic mass is 9.68. The lowest BCUT2D eigenvalue weighted by molar-refractivity contribution is -0.0511. The van der Waals surface area contributed by atoms with E-state index in [-0.39, 0.29) is 38.0 Å². The van der Waals surface area contributed by atoms with E-state index in [0.29, 0.717) is 10.6 Å². The molecule has 0 aliphatic heterocycles. The van der Waals surface area contributed by atoms with Gasteiger partial charge in [0.2, 0.25) is 5.92 Å². The minimum absolute atomic E-state index is 0.0400.